The highest BCUT2D eigenvalue weighted by molar-refractivity contribution is 7.17. The molecule has 3 heteroatoms. The summed E-state index contributed by atoms with van der Waals surface area (Å²) in [5.41, 5.74) is 7.63. The van der Waals surface area contributed by atoms with E-state index >= 15 is 0 Å². The summed E-state index contributed by atoms with van der Waals surface area (Å²) in [7, 11) is -0.767. The van der Waals surface area contributed by atoms with Crippen LogP contribution in [-0.4, -0.2) is 0 Å². The van der Waals surface area contributed by atoms with Crippen LogP contribution in [0.15, 0.2) is 30.3 Å². The van der Waals surface area contributed by atoms with E-state index in [-0.39, 0.29) is 0 Å². The molecule has 0 N–H and O–H groups in total. The van der Waals surface area contributed by atoms with Crippen LogP contribution in [0.2, 0.25) is 0 Å². The molecule has 1 atom stereocenters. The fraction of sp³-hybridized carbons (Fsp3) is 0.333. The van der Waals surface area contributed by atoms with Gasteiger partial charge in [-0.3, -0.25) is 4.52 Å². The van der Waals surface area contributed by atoms with E-state index < -0.39 is 8.69 Å². The predicted molar refractivity (Wildman–Crippen MR) is 88.9 cm³/mol. The van der Waals surface area contributed by atoms with Crippen molar-refractivity contribution in [2.24, 2.45) is 0 Å². The number of aryl methyl sites for hydroxylation is 4. The summed E-state index contributed by atoms with van der Waals surface area (Å²) in [4.78, 5) is 0. The number of benzene rings is 2. The van der Waals surface area contributed by atoms with Crippen molar-refractivity contribution in [2.45, 2.75) is 40.5 Å². The normalized spacial score (nSPS) is 10.9. The Morgan fingerprint density at radius 1 is 1.05 bits per heavy atom. The summed E-state index contributed by atoms with van der Waals surface area (Å²) in [6.07, 6.45) is 1.76. The second-order valence-electron chi connectivity index (χ2n) is 5.49. The summed E-state index contributed by atoms with van der Waals surface area (Å²) in [5.74, 6) is 0.738. The molecule has 0 aliphatic heterocycles. The Bertz CT molecular complexity index is 639. The number of hydrogen-bond donors (Lipinski definition) is 0. The molecule has 0 aromatic heterocycles. The zero-order valence-corrected chi connectivity index (χ0v) is 14.1. The Labute approximate surface area is 128 Å². The first-order valence-corrected chi connectivity index (χ1v) is 8.10. The van der Waals surface area contributed by atoms with Crippen molar-refractivity contribution >= 4 is 8.69 Å². The molecule has 0 heterocycles. The quantitative estimate of drug-likeness (QED) is 0.720. The van der Waals surface area contributed by atoms with Gasteiger partial charge >= 0.3 is 8.69 Å². The van der Waals surface area contributed by atoms with Gasteiger partial charge in [0.05, 0.1) is 0 Å². The zero-order valence-electron chi connectivity index (χ0n) is 13.1. The monoisotopic (exact) mass is 301 g/mol. The molecule has 1 unspecified atom stereocenters. The molecule has 21 heavy (non-hydrogen) atoms. The summed E-state index contributed by atoms with van der Waals surface area (Å²) in [6, 6.07) is 10.4. The second-order valence-corrected chi connectivity index (χ2v) is 5.86. The van der Waals surface area contributed by atoms with Crippen molar-refractivity contribution in [1.82, 2.24) is 0 Å². The Hall–Kier alpha value is -1.66. The van der Waals surface area contributed by atoms with Gasteiger partial charge in [-0.1, -0.05) is 36.8 Å². The molecule has 0 aliphatic rings. The van der Waals surface area contributed by atoms with Gasteiger partial charge in [-0.05, 0) is 60.1 Å². The van der Waals surface area contributed by atoms with Gasteiger partial charge in [0.15, 0.2) is 5.75 Å². The van der Waals surface area contributed by atoms with Crippen LogP contribution >= 0.6 is 8.69 Å². The van der Waals surface area contributed by atoms with Crippen LogP contribution in [0, 0.1) is 20.8 Å². The average molecular weight is 301 g/mol. The minimum atomic E-state index is -0.767. The van der Waals surface area contributed by atoms with Gasteiger partial charge in [-0.25, -0.2) is 0 Å². The molecule has 0 bridgehead atoms. The van der Waals surface area contributed by atoms with E-state index in [0.717, 1.165) is 24.2 Å². The van der Waals surface area contributed by atoms with Crippen molar-refractivity contribution in [3.63, 3.8) is 0 Å². The SMILES string of the molecule is CCc1cccc(O[PH+]=O)c1Cc1c(C)cc(C)cc1C. The van der Waals surface area contributed by atoms with E-state index in [2.05, 4.69) is 45.9 Å². The second kappa shape index (κ2) is 6.87. The fourth-order valence-electron chi connectivity index (χ4n) is 2.95. The molecular weight excluding hydrogens is 279 g/mol. The molecule has 2 aromatic carbocycles. The Kier molecular flexibility index (Phi) is 5.14. The highest BCUT2D eigenvalue weighted by Gasteiger charge is 2.15. The Morgan fingerprint density at radius 3 is 2.29 bits per heavy atom. The summed E-state index contributed by atoms with van der Waals surface area (Å²) < 4.78 is 16.2. The molecule has 0 amide bonds. The van der Waals surface area contributed by atoms with E-state index in [1.807, 2.05) is 12.1 Å². The standard InChI is InChI=1S/C18H22O2P/c1-5-15-7-6-8-18(20-21-19)17(15)11-16-13(3)9-12(2)10-14(16)4/h6-10,21H,5,11H2,1-4H3/q+1. The largest absolute Gasteiger partial charge is 0.542 e. The lowest BCUT2D eigenvalue weighted by atomic mass is 9.91. The lowest BCUT2D eigenvalue weighted by molar-refractivity contribution is 0.522. The molecule has 2 nitrogen and oxygen atoms in total. The predicted octanol–water partition coefficient (Wildman–Crippen LogP) is 5.08. The molecule has 2 rings (SSSR count). The summed E-state index contributed by atoms with van der Waals surface area (Å²) in [6.45, 7) is 8.56. The highest BCUT2D eigenvalue weighted by atomic mass is 31.1. The maximum absolute atomic E-state index is 10.9. The van der Waals surface area contributed by atoms with Crippen LogP contribution in [0.5, 0.6) is 5.75 Å². The van der Waals surface area contributed by atoms with Crippen LogP contribution in [0.4, 0.5) is 0 Å². The Balaban J connectivity index is 2.50. The van der Waals surface area contributed by atoms with Crippen molar-refractivity contribution < 1.29 is 9.09 Å². The molecule has 0 fully saturated rings. The first kappa shape index (κ1) is 15.7. The van der Waals surface area contributed by atoms with Gasteiger partial charge in [0, 0.05) is 12.0 Å². The smallest absolute Gasteiger partial charge is 0.256 e. The van der Waals surface area contributed by atoms with E-state index in [9.17, 15) is 4.57 Å². The molecule has 0 saturated heterocycles. The molecule has 0 radical (unpaired) electrons. The molecule has 0 aliphatic carbocycles. The van der Waals surface area contributed by atoms with E-state index in [0.29, 0.717) is 0 Å². The highest BCUT2D eigenvalue weighted by Crippen LogP contribution is 2.30. The van der Waals surface area contributed by atoms with Crippen LogP contribution in [-0.2, 0) is 17.4 Å². The van der Waals surface area contributed by atoms with E-state index in [1.165, 1.54) is 27.8 Å². The van der Waals surface area contributed by atoms with Crippen LogP contribution < -0.4 is 4.52 Å². The van der Waals surface area contributed by atoms with Gasteiger partial charge in [-0.2, -0.15) is 0 Å². The Morgan fingerprint density at radius 2 is 1.71 bits per heavy atom. The minimum Gasteiger partial charge on any atom is -0.256 e. The lowest BCUT2D eigenvalue weighted by Gasteiger charge is -2.15. The van der Waals surface area contributed by atoms with Gasteiger partial charge in [0.2, 0.25) is 0 Å². The van der Waals surface area contributed by atoms with E-state index in [4.69, 9.17) is 4.52 Å². The van der Waals surface area contributed by atoms with Gasteiger partial charge < -0.3 is 0 Å². The molecule has 0 spiro atoms. The van der Waals surface area contributed by atoms with Gasteiger partial charge in [0.1, 0.15) is 0 Å². The van der Waals surface area contributed by atoms with E-state index in [1.54, 1.807) is 0 Å². The average Bonchev–Trinajstić information content (AvgIpc) is 2.44. The van der Waals surface area contributed by atoms with Crippen LogP contribution in [0.3, 0.4) is 0 Å². The van der Waals surface area contributed by atoms with Gasteiger partial charge in [0.25, 0.3) is 0 Å². The van der Waals surface area contributed by atoms with Crippen molar-refractivity contribution in [1.29, 1.82) is 0 Å². The maximum atomic E-state index is 10.9. The van der Waals surface area contributed by atoms with Crippen LogP contribution in [0.1, 0.15) is 40.3 Å². The van der Waals surface area contributed by atoms with Crippen molar-refractivity contribution in [3.05, 3.63) is 63.7 Å². The van der Waals surface area contributed by atoms with Crippen molar-refractivity contribution in [3.8, 4) is 5.75 Å². The van der Waals surface area contributed by atoms with Crippen LogP contribution in [0.25, 0.3) is 0 Å². The molecule has 2 aromatic rings. The third kappa shape index (κ3) is 3.51. The maximum Gasteiger partial charge on any atom is 0.542 e. The first-order valence-electron chi connectivity index (χ1n) is 7.28. The van der Waals surface area contributed by atoms with Gasteiger partial charge in [-0.15, -0.1) is 0 Å². The molecule has 0 saturated carbocycles. The summed E-state index contributed by atoms with van der Waals surface area (Å²) >= 11 is 0. The number of hydrogen-bond acceptors (Lipinski definition) is 2. The molecule has 110 valence electrons. The third-order valence-corrected chi connectivity index (χ3v) is 4.26. The lowest BCUT2D eigenvalue weighted by Crippen LogP contribution is -2.01. The fourth-order valence-corrected chi connectivity index (χ4v) is 3.23. The first-order chi connectivity index (χ1) is 10.1. The zero-order chi connectivity index (χ0) is 15.4. The third-order valence-electron chi connectivity index (χ3n) is 3.96. The minimum absolute atomic E-state index is 0.738. The topological polar surface area (TPSA) is 26.3 Å². The molecular formula is C18H22O2P+. The van der Waals surface area contributed by atoms with Crippen molar-refractivity contribution in [2.75, 3.05) is 0 Å². The summed E-state index contributed by atoms with van der Waals surface area (Å²) in [5, 5.41) is 0. The number of rotatable bonds is 5.